The maximum absolute atomic E-state index is 12.9. The Bertz CT molecular complexity index is 1210. The van der Waals surface area contributed by atoms with Gasteiger partial charge in [-0.25, -0.2) is 0 Å². The summed E-state index contributed by atoms with van der Waals surface area (Å²) in [5, 5.41) is 0. The molecule has 0 heterocycles. The minimum Gasteiger partial charge on any atom is -0.462 e. The van der Waals surface area contributed by atoms with Crippen LogP contribution in [0.25, 0.3) is 0 Å². The number of ether oxygens (including phenoxy) is 3. The van der Waals surface area contributed by atoms with Crippen molar-refractivity contribution in [1.82, 2.24) is 0 Å². The summed E-state index contributed by atoms with van der Waals surface area (Å²) in [6, 6.07) is 0. The van der Waals surface area contributed by atoms with E-state index in [0.717, 1.165) is 64.2 Å². The third-order valence-corrected chi connectivity index (χ3v) is 15.4. The number of rotatable bonds is 63. The normalized spacial score (nSPS) is 12.1. The molecule has 0 spiro atoms. The third-order valence-electron chi connectivity index (χ3n) is 15.4. The minimum atomic E-state index is -0.771. The van der Waals surface area contributed by atoms with E-state index in [0.29, 0.717) is 19.3 Å². The maximum atomic E-state index is 12.9. The maximum Gasteiger partial charge on any atom is 0.306 e. The monoisotopic (exact) mass is 1050 g/mol. The summed E-state index contributed by atoms with van der Waals surface area (Å²) in [4.78, 5) is 38.2. The van der Waals surface area contributed by atoms with E-state index < -0.39 is 6.10 Å². The third kappa shape index (κ3) is 62.6. The molecule has 75 heavy (non-hydrogen) atoms. The highest BCUT2D eigenvalue weighted by atomic mass is 16.6. The van der Waals surface area contributed by atoms with Crippen LogP contribution in [0.1, 0.15) is 380 Å². The first-order chi connectivity index (χ1) is 37.0. The van der Waals surface area contributed by atoms with Gasteiger partial charge in [-0.2, -0.15) is 0 Å². The number of unbranched alkanes of at least 4 members (excludes halogenated alkanes) is 48. The Morgan fingerprint density at radius 3 is 0.667 bits per heavy atom. The molecule has 6 nitrogen and oxygen atoms in total. The summed E-state index contributed by atoms with van der Waals surface area (Å²) in [7, 11) is 0. The van der Waals surface area contributed by atoms with E-state index in [2.05, 4.69) is 45.1 Å². The zero-order chi connectivity index (χ0) is 54.3. The Labute approximate surface area is 468 Å². The van der Waals surface area contributed by atoms with Gasteiger partial charge in [0.25, 0.3) is 0 Å². The molecule has 0 amide bonds. The van der Waals surface area contributed by atoms with Crippen molar-refractivity contribution in [1.29, 1.82) is 0 Å². The van der Waals surface area contributed by atoms with Crippen molar-refractivity contribution in [3.8, 4) is 0 Å². The molecule has 0 fully saturated rings. The number of esters is 3. The van der Waals surface area contributed by atoms with Gasteiger partial charge in [0, 0.05) is 19.3 Å². The number of allylic oxidation sites excluding steroid dienone is 4. The zero-order valence-corrected chi connectivity index (χ0v) is 50.8. The molecule has 0 aromatic rings. The second-order valence-corrected chi connectivity index (χ2v) is 23.1. The van der Waals surface area contributed by atoms with Crippen LogP contribution in [0, 0.1) is 0 Å². The number of hydrogen-bond acceptors (Lipinski definition) is 6. The Kier molecular flexibility index (Phi) is 62.6. The van der Waals surface area contributed by atoms with Crippen LogP contribution in [0.15, 0.2) is 24.3 Å². The average Bonchev–Trinajstić information content (AvgIpc) is 3.41. The first-order valence-electron chi connectivity index (χ1n) is 33.8. The highest BCUT2D eigenvalue weighted by Crippen LogP contribution is 2.18. The molecule has 0 aromatic heterocycles. The van der Waals surface area contributed by atoms with Crippen LogP contribution in [-0.4, -0.2) is 37.2 Å². The van der Waals surface area contributed by atoms with E-state index in [1.54, 1.807) is 0 Å². The van der Waals surface area contributed by atoms with Crippen LogP contribution in [0.2, 0.25) is 0 Å². The molecule has 6 heteroatoms. The largest absolute Gasteiger partial charge is 0.462 e. The molecule has 1 unspecified atom stereocenters. The predicted octanol–water partition coefficient (Wildman–Crippen LogP) is 23.0. The van der Waals surface area contributed by atoms with Crippen LogP contribution in [-0.2, 0) is 28.6 Å². The van der Waals surface area contributed by atoms with Gasteiger partial charge in [-0.15, -0.1) is 0 Å². The quantitative estimate of drug-likeness (QED) is 0.0261. The van der Waals surface area contributed by atoms with E-state index in [1.807, 2.05) is 0 Å². The lowest BCUT2D eigenvalue weighted by molar-refractivity contribution is -0.167. The van der Waals surface area contributed by atoms with Gasteiger partial charge < -0.3 is 14.2 Å². The second kappa shape index (κ2) is 64.4. The van der Waals surface area contributed by atoms with Gasteiger partial charge in [0.2, 0.25) is 0 Å². The standard InChI is InChI=1S/C69H130O6/c1-4-7-10-13-16-19-22-25-27-28-29-30-31-32-33-34-35-36-37-38-39-40-41-42-43-45-47-50-53-56-59-62-68(71)74-65-66(64-73-67(70)61-58-55-52-49-46-24-21-18-15-12-9-6-3)75-69(72)63-60-57-54-51-48-44-26-23-20-17-14-11-8-5-2/h23,26,28-29,66H,4-22,24-25,27,30-65H2,1-3H3/b26-23-,29-28-. The van der Waals surface area contributed by atoms with Crippen molar-refractivity contribution in [2.45, 2.75) is 386 Å². The van der Waals surface area contributed by atoms with Crippen molar-refractivity contribution in [2.24, 2.45) is 0 Å². The number of carbonyl (C=O) groups is 3. The van der Waals surface area contributed by atoms with Gasteiger partial charge in [-0.05, 0) is 70.6 Å². The van der Waals surface area contributed by atoms with Crippen LogP contribution in [0.5, 0.6) is 0 Å². The SMILES string of the molecule is CCCCCCC/C=C\CCCCCCCC(=O)OC(COC(=O)CCCCCCCCCCCCCC)COC(=O)CCCCCCCCCCCCCCCCCCCCC/C=C\CCCCCCCCCC. The van der Waals surface area contributed by atoms with Crippen molar-refractivity contribution in [3.63, 3.8) is 0 Å². The first kappa shape index (κ1) is 72.9. The lowest BCUT2D eigenvalue weighted by Crippen LogP contribution is -2.30. The van der Waals surface area contributed by atoms with Gasteiger partial charge in [0.05, 0.1) is 0 Å². The molecule has 442 valence electrons. The topological polar surface area (TPSA) is 78.9 Å². The highest BCUT2D eigenvalue weighted by molar-refractivity contribution is 5.71. The highest BCUT2D eigenvalue weighted by Gasteiger charge is 2.19. The molecule has 0 saturated carbocycles. The lowest BCUT2D eigenvalue weighted by Gasteiger charge is -2.18. The lowest BCUT2D eigenvalue weighted by atomic mass is 10.0. The molecule has 0 aliphatic rings. The van der Waals surface area contributed by atoms with Crippen LogP contribution in [0.4, 0.5) is 0 Å². The molecule has 0 rings (SSSR count). The van der Waals surface area contributed by atoms with Gasteiger partial charge in [0.15, 0.2) is 6.10 Å². The molecular formula is C69H130O6. The molecule has 0 bridgehead atoms. The number of carbonyl (C=O) groups excluding carboxylic acids is 3. The van der Waals surface area contributed by atoms with Crippen molar-refractivity contribution >= 4 is 17.9 Å². The molecule has 0 aliphatic heterocycles. The molecule has 0 radical (unpaired) electrons. The van der Waals surface area contributed by atoms with Gasteiger partial charge in [0.1, 0.15) is 13.2 Å². The second-order valence-electron chi connectivity index (χ2n) is 23.1. The van der Waals surface area contributed by atoms with E-state index in [9.17, 15) is 14.4 Å². The molecular weight excluding hydrogens is 925 g/mol. The molecule has 0 aromatic carbocycles. The summed E-state index contributed by atoms with van der Waals surface area (Å²) in [5.41, 5.74) is 0. The molecule has 0 N–H and O–H groups in total. The predicted molar refractivity (Wildman–Crippen MR) is 326 cm³/mol. The van der Waals surface area contributed by atoms with E-state index in [-0.39, 0.29) is 31.1 Å². The Morgan fingerprint density at radius 2 is 0.440 bits per heavy atom. The van der Waals surface area contributed by atoms with Gasteiger partial charge >= 0.3 is 17.9 Å². The fraction of sp³-hybridized carbons (Fsp3) is 0.899. The van der Waals surface area contributed by atoms with Crippen molar-refractivity contribution in [2.75, 3.05) is 13.2 Å². The Balaban J connectivity index is 4.08. The summed E-state index contributed by atoms with van der Waals surface area (Å²) in [6.07, 6.45) is 77.9. The molecule has 1 atom stereocenters. The van der Waals surface area contributed by atoms with Crippen LogP contribution in [0.3, 0.4) is 0 Å². The Hall–Kier alpha value is -2.11. The summed E-state index contributed by atoms with van der Waals surface area (Å²) in [6.45, 7) is 6.68. The van der Waals surface area contributed by atoms with E-state index in [4.69, 9.17) is 14.2 Å². The van der Waals surface area contributed by atoms with Crippen molar-refractivity contribution < 1.29 is 28.6 Å². The summed E-state index contributed by atoms with van der Waals surface area (Å²) >= 11 is 0. The Morgan fingerprint density at radius 1 is 0.253 bits per heavy atom. The van der Waals surface area contributed by atoms with Gasteiger partial charge in [-0.1, -0.05) is 315 Å². The molecule has 0 saturated heterocycles. The van der Waals surface area contributed by atoms with Crippen LogP contribution < -0.4 is 0 Å². The van der Waals surface area contributed by atoms with Gasteiger partial charge in [-0.3, -0.25) is 14.4 Å². The van der Waals surface area contributed by atoms with E-state index in [1.165, 1.54) is 276 Å². The average molecular weight is 1060 g/mol. The fourth-order valence-corrected chi connectivity index (χ4v) is 10.3. The van der Waals surface area contributed by atoms with Crippen molar-refractivity contribution in [3.05, 3.63) is 24.3 Å². The first-order valence-corrected chi connectivity index (χ1v) is 33.8. The minimum absolute atomic E-state index is 0.0687. The van der Waals surface area contributed by atoms with E-state index >= 15 is 0 Å². The smallest absolute Gasteiger partial charge is 0.306 e. The molecule has 0 aliphatic carbocycles. The summed E-state index contributed by atoms with van der Waals surface area (Å²) < 4.78 is 16.9. The zero-order valence-electron chi connectivity index (χ0n) is 50.8. The number of hydrogen-bond donors (Lipinski definition) is 0. The fourth-order valence-electron chi connectivity index (χ4n) is 10.3. The summed E-state index contributed by atoms with van der Waals surface area (Å²) in [5.74, 6) is -0.852. The van der Waals surface area contributed by atoms with Crippen LogP contribution >= 0.6 is 0 Å².